The van der Waals surface area contributed by atoms with Gasteiger partial charge in [0.15, 0.2) is 0 Å². The summed E-state index contributed by atoms with van der Waals surface area (Å²) in [5.74, 6) is 0.716. The number of anilines is 1. The molecule has 0 radical (unpaired) electrons. The van der Waals surface area contributed by atoms with Crippen LogP contribution in [-0.2, 0) is 11.8 Å². The van der Waals surface area contributed by atoms with Crippen molar-refractivity contribution in [1.82, 2.24) is 9.55 Å². The Morgan fingerprint density at radius 2 is 1.76 bits per heavy atom. The molecule has 0 aliphatic carbocycles. The maximum atomic E-state index is 12.2. The molecular formula is C20H24N4O. The molecule has 0 fully saturated rings. The molecule has 3 N–H and O–H groups in total. The Bertz CT molecular complexity index is 904. The molecule has 0 aliphatic rings. The Balaban J connectivity index is 1.82. The fraction of sp³-hybridized carbons (Fsp3) is 0.300. The van der Waals surface area contributed by atoms with Gasteiger partial charge in [0.2, 0.25) is 5.91 Å². The number of para-hydroxylation sites is 2. The maximum Gasteiger partial charge on any atom is 0.241 e. The van der Waals surface area contributed by atoms with E-state index in [2.05, 4.69) is 14.9 Å². The van der Waals surface area contributed by atoms with Gasteiger partial charge in [0.25, 0.3) is 0 Å². The Hall–Kier alpha value is -2.66. The number of carbonyl (C=O) groups excluding carboxylic acids is 1. The van der Waals surface area contributed by atoms with Gasteiger partial charge in [0.1, 0.15) is 5.82 Å². The van der Waals surface area contributed by atoms with Crippen LogP contribution >= 0.6 is 0 Å². The highest BCUT2D eigenvalue weighted by Gasteiger charge is 2.27. The van der Waals surface area contributed by atoms with E-state index >= 15 is 0 Å². The first kappa shape index (κ1) is 17.2. The van der Waals surface area contributed by atoms with Crippen molar-refractivity contribution >= 4 is 22.6 Å². The molecule has 1 atom stereocenters. The number of nitrogens with zero attached hydrogens (tertiary/aromatic N) is 2. The van der Waals surface area contributed by atoms with Gasteiger partial charge in [0.05, 0.1) is 17.1 Å². The minimum Gasteiger partial charge on any atom is -0.327 e. The molecular weight excluding hydrogens is 312 g/mol. The molecule has 0 spiro atoms. The van der Waals surface area contributed by atoms with Gasteiger partial charge in [-0.1, -0.05) is 32.9 Å². The van der Waals surface area contributed by atoms with E-state index < -0.39 is 6.04 Å². The lowest BCUT2D eigenvalue weighted by Crippen LogP contribution is -2.45. The summed E-state index contributed by atoms with van der Waals surface area (Å²) in [6.45, 7) is 5.85. The smallest absolute Gasteiger partial charge is 0.241 e. The lowest BCUT2D eigenvalue weighted by Gasteiger charge is -2.25. The number of carbonyl (C=O) groups is 1. The molecule has 130 valence electrons. The third-order valence-corrected chi connectivity index (χ3v) is 4.41. The Morgan fingerprint density at radius 3 is 2.36 bits per heavy atom. The predicted octanol–water partition coefficient (Wildman–Crippen LogP) is 3.55. The lowest BCUT2D eigenvalue weighted by molar-refractivity contribution is -0.119. The van der Waals surface area contributed by atoms with Crippen LogP contribution in [0.1, 0.15) is 20.8 Å². The van der Waals surface area contributed by atoms with E-state index in [9.17, 15) is 4.79 Å². The molecule has 0 bridgehead atoms. The summed E-state index contributed by atoms with van der Waals surface area (Å²) in [7, 11) is 2.00. The molecule has 0 aliphatic heterocycles. The molecule has 3 aromatic rings. The van der Waals surface area contributed by atoms with Gasteiger partial charge < -0.3 is 15.6 Å². The Morgan fingerprint density at radius 1 is 1.12 bits per heavy atom. The fourth-order valence-corrected chi connectivity index (χ4v) is 2.72. The van der Waals surface area contributed by atoms with Crippen molar-refractivity contribution in [3.05, 3.63) is 48.5 Å². The number of aryl methyl sites for hydroxylation is 1. The normalized spacial score (nSPS) is 13.0. The van der Waals surface area contributed by atoms with E-state index in [-0.39, 0.29) is 11.3 Å². The molecule has 3 rings (SSSR count). The highest BCUT2D eigenvalue weighted by molar-refractivity contribution is 5.95. The standard InChI is InChI=1S/C20H24N4O/c1-20(2,3)17(21)19(25)22-14-11-9-13(10-12-14)18-23-15-7-5-6-8-16(15)24(18)4/h5-12,17H,21H2,1-4H3,(H,22,25)/t17-/m1/s1. The van der Waals surface area contributed by atoms with Crippen molar-refractivity contribution in [3.8, 4) is 11.4 Å². The molecule has 0 saturated carbocycles. The van der Waals surface area contributed by atoms with E-state index in [4.69, 9.17) is 5.73 Å². The fourth-order valence-electron chi connectivity index (χ4n) is 2.72. The van der Waals surface area contributed by atoms with E-state index in [0.717, 1.165) is 28.1 Å². The van der Waals surface area contributed by atoms with Crippen molar-refractivity contribution in [1.29, 1.82) is 0 Å². The zero-order chi connectivity index (χ0) is 18.2. The van der Waals surface area contributed by atoms with Gasteiger partial charge in [0, 0.05) is 18.3 Å². The summed E-state index contributed by atoms with van der Waals surface area (Å²) in [6, 6.07) is 15.1. The van der Waals surface area contributed by atoms with Crippen LogP contribution in [0.5, 0.6) is 0 Å². The zero-order valence-electron chi connectivity index (χ0n) is 15.1. The summed E-state index contributed by atoms with van der Waals surface area (Å²) < 4.78 is 2.07. The number of nitrogens with two attached hydrogens (primary N) is 1. The number of imidazole rings is 1. The van der Waals surface area contributed by atoms with Crippen LogP contribution < -0.4 is 11.1 Å². The van der Waals surface area contributed by atoms with Crippen molar-refractivity contribution in [3.63, 3.8) is 0 Å². The molecule has 1 heterocycles. The van der Waals surface area contributed by atoms with Gasteiger partial charge in [-0.2, -0.15) is 0 Å². The van der Waals surface area contributed by atoms with Gasteiger partial charge in [-0.3, -0.25) is 4.79 Å². The molecule has 0 saturated heterocycles. The van der Waals surface area contributed by atoms with Gasteiger partial charge in [-0.25, -0.2) is 4.98 Å². The first-order valence-electron chi connectivity index (χ1n) is 8.36. The number of amides is 1. The molecule has 1 aromatic heterocycles. The highest BCUT2D eigenvalue weighted by Crippen LogP contribution is 2.25. The Labute approximate surface area is 147 Å². The molecule has 25 heavy (non-hydrogen) atoms. The third kappa shape index (κ3) is 3.42. The average Bonchev–Trinajstić information content (AvgIpc) is 2.91. The van der Waals surface area contributed by atoms with Crippen molar-refractivity contribution in [2.24, 2.45) is 18.2 Å². The van der Waals surface area contributed by atoms with Gasteiger partial charge in [-0.15, -0.1) is 0 Å². The van der Waals surface area contributed by atoms with E-state index in [0.29, 0.717) is 0 Å². The van der Waals surface area contributed by atoms with Crippen molar-refractivity contribution in [2.45, 2.75) is 26.8 Å². The quantitative estimate of drug-likeness (QED) is 0.768. The number of aromatic nitrogens is 2. The summed E-state index contributed by atoms with van der Waals surface area (Å²) in [4.78, 5) is 16.9. The van der Waals surface area contributed by atoms with Crippen LogP contribution in [0.4, 0.5) is 5.69 Å². The molecule has 0 unspecified atom stereocenters. The summed E-state index contributed by atoms with van der Waals surface area (Å²) in [5.41, 5.74) is 9.50. The summed E-state index contributed by atoms with van der Waals surface area (Å²) in [6.07, 6.45) is 0. The van der Waals surface area contributed by atoms with Crippen LogP contribution in [0.3, 0.4) is 0 Å². The number of benzene rings is 2. The lowest BCUT2D eigenvalue weighted by atomic mass is 9.87. The number of hydrogen-bond acceptors (Lipinski definition) is 3. The predicted molar refractivity (Wildman–Crippen MR) is 102 cm³/mol. The van der Waals surface area contributed by atoms with Crippen LogP contribution in [0.2, 0.25) is 0 Å². The Kier molecular flexibility index (Phi) is 4.35. The molecule has 5 nitrogen and oxygen atoms in total. The van der Waals surface area contributed by atoms with Crippen molar-refractivity contribution in [2.75, 3.05) is 5.32 Å². The van der Waals surface area contributed by atoms with E-state index in [1.165, 1.54) is 0 Å². The van der Waals surface area contributed by atoms with Crippen LogP contribution in [0, 0.1) is 5.41 Å². The average molecular weight is 336 g/mol. The van der Waals surface area contributed by atoms with Gasteiger partial charge in [-0.05, 0) is 41.8 Å². The maximum absolute atomic E-state index is 12.2. The van der Waals surface area contributed by atoms with Crippen LogP contribution in [0.25, 0.3) is 22.4 Å². The minimum absolute atomic E-state index is 0.178. The summed E-state index contributed by atoms with van der Waals surface area (Å²) >= 11 is 0. The van der Waals surface area contributed by atoms with E-state index in [1.54, 1.807) is 0 Å². The number of fused-ring (bicyclic) bond motifs is 1. The van der Waals surface area contributed by atoms with Crippen LogP contribution in [-0.4, -0.2) is 21.5 Å². The van der Waals surface area contributed by atoms with Crippen LogP contribution in [0.15, 0.2) is 48.5 Å². The molecule has 1 amide bonds. The second-order valence-electron chi connectivity index (χ2n) is 7.39. The monoisotopic (exact) mass is 336 g/mol. The first-order valence-corrected chi connectivity index (χ1v) is 8.36. The second-order valence-corrected chi connectivity index (χ2v) is 7.39. The minimum atomic E-state index is -0.563. The van der Waals surface area contributed by atoms with E-state index in [1.807, 2.05) is 76.3 Å². The topological polar surface area (TPSA) is 72.9 Å². The van der Waals surface area contributed by atoms with Gasteiger partial charge >= 0.3 is 0 Å². The largest absolute Gasteiger partial charge is 0.327 e. The second kappa shape index (κ2) is 6.33. The SMILES string of the molecule is Cn1c(-c2ccc(NC(=O)[C@@H](N)C(C)(C)C)cc2)nc2ccccc21. The molecule has 5 heteroatoms. The number of hydrogen-bond donors (Lipinski definition) is 2. The third-order valence-electron chi connectivity index (χ3n) is 4.41. The molecule has 2 aromatic carbocycles. The van der Waals surface area contributed by atoms with Crippen molar-refractivity contribution < 1.29 is 4.79 Å². The number of rotatable bonds is 3. The first-order chi connectivity index (χ1) is 11.8. The highest BCUT2D eigenvalue weighted by atomic mass is 16.2. The number of nitrogens with one attached hydrogen (secondary N) is 1. The zero-order valence-corrected chi connectivity index (χ0v) is 15.1. The summed E-state index contributed by atoms with van der Waals surface area (Å²) in [5, 5.41) is 2.88.